The van der Waals surface area contributed by atoms with Crippen molar-refractivity contribution in [2.24, 2.45) is 0 Å². The van der Waals surface area contributed by atoms with Crippen LogP contribution >= 0.6 is 0 Å². The van der Waals surface area contributed by atoms with E-state index in [0.29, 0.717) is 0 Å². The zero-order chi connectivity index (χ0) is 21.3. The number of carbonyl (C=O) groups excluding carboxylic acids is 1. The highest BCUT2D eigenvalue weighted by molar-refractivity contribution is 5.95. The number of halogens is 3. The van der Waals surface area contributed by atoms with Crippen LogP contribution in [0.1, 0.15) is 46.7 Å². The quantitative estimate of drug-likeness (QED) is 0.641. The minimum Gasteiger partial charge on any atom is -0.465 e. The highest BCUT2D eigenvalue weighted by atomic mass is 19.3. The highest BCUT2D eigenvalue weighted by Crippen LogP contribution is 2.30. The van der Waals surface area contributed by atoms with Crippen molar-refractivity contribution in [1.29, 1.82) is 0 Å². The van der Waals surface area contributed by atoms with Gasteiger partial charge < -0.3 is 14.5 Å². The molecule has 2 heterocycles. The highest BCUT2D eigenvalue weighted by Gasteiger charge is 2.22. The van der Waals surface area contributed by atoms with Gasteiger partial charge in [0.25, 0.3) is 6.43 Å². The number of carbonyl (C=O) groups is 1. The number of aryl methyl sites for hydroxylation is 1. The predicted molar refractivity (Wildman–Crippen MR) is 97.5 cm³/mol. The number of methoxy groups -OCH3 is 1. The van der Waals surface area contributed by atoms with Gasteiger partial charge in [-0.1, -0.05) is 18.2 Å². The Hall–Kier alpha value is -3.43. The first-order valence-corrected chi connectivity index (χ1v) is 8.46. The van der Waals surface area contributed by atoms with Gasteiger partial charge in [-0.25, -0.2) is 27.7 Å². The second kappa shape index (κ2) is 7.90. The van der Waals surface area contributed by atoms with E-state index in [4.69, 9.17) is 4.42 Å². The Balaban J connectivity index is 2.09. The molecule has 0 bridgehead atoms. The fourth-order valence-corrected chi connectivity index (χ4v) is 2.83. The zero-order valence-corrected chi connectivity index (χ0v) is 15.6. The van der Waals surface area contributed by atoms with Crippen molar-refractivity contribution >= 4 is 22.9 Å². The maximum absolute atomic E-state index is 14.5. The number of ether oxygens (including phenoxy) is 1. The van der Waals surface area contributed by atoms with Gasteiger partial charge in [0.15, 0.2) is 0 Å². The number of nitrogens with zero attached hydrogens (tertiary/aromatic N) is 2. The standard InChI is InChI=1S/C19H16F3N3O4/c1-8(10-5-4-6-11(14(10)20)15(21)22)23-16-12-7-13(18(26)28-3)19(27)29-17(12)25-9(2)24-16/h4-8,15H,1-3H3,(H,23,24,25)/t8-/m1/s1. The predicted octanol–water partition coefficient (Wildman–Crippen LogP) is 3.93. The summed E-state index contributed by atoms with van der Waals surface area (Å²) in [6.07, 6.45) is -2.96. The second-order valence-corrected chi connectivity index (χ2v) is 6.19. The van der Waals surface area contributed by atoms with Gasteiger partial charge in [0.1, 0.15) is 23.0 Å². The molecule has 1 N–H and O–H groups in total. The summed E-state index contributed by atoms with van der Waals surface area (Å²) in [7, 11) is 1.11. The van der Waals surface area contributed by atoms with Crippen LogP contribution in [0, 0.1) is 12.7 Å². The van der Waals surface area contributed by atoms with Crippen LogP contribution < -0.4 is 10.9 Å². The van der Waals surface area contributed by atoms with E-state index in [9.17, 15) is 22.8 Å². The Labute approximate surface area is 162 Å². The topological polar surface area (TPSA) is 94.3 Å². The first kappa shape index (κ1) is 20.3. The van der Waals surface area contributed by atoms with Crippen LogP contribution in [-0.2, 0) is 4.74 Å². The number of esters is 1. The summed E-state index contributed by atoms with van der Waals surface area (Å²) in [4.78, 5) is 32.0. The lowest BCUT2D eigenvalue weighted by molar-refractivity contribution is 0.0596. The summed E-state index contributed by atoms with van der Waals surface area (Å²) in [5, 5.41) is 3.08. The Bertz CT molecular complexity index is 1150. The van der Waals surface area contributed by atoms with Crippen LogP contribution in [0.5, 0.6) is 0 Å². The van der Waals surface area contributed by atoms with Gasteiger partial charge in [0.2, 0.25) is 5.71 Å². The average Bonchev–Trinajstić information content (AvgIpc) is 2.66. The Kier molecular flexibility index (Phi) is 5.53. The summed E-state index contributed by atoms with van der Waals surface area (Å²) in [5.74, 6) is -1.56. The van der Waals surface area contributed by atoms with Gasteiger partial charge in [0, 0.05) is 5.56 Å². The molecule has 2 aromatic heterocycles. The van der Waals surface area contributed by atoms with Crippen molar-refractivity contribution in [3.8, 4) is 0 Å². The third kappa shape index (κ3) is 3.91. The molecule has 0 saturated heterocycles. The minimum atomic E-state index is -2.96. The molecule has 29 heavy (non-hydrogen) atoms. The van der Waals surface area contributed by atoms with E-state index in [1.165, 1.54) is 18.2 Å². The van der Waals surface area contributed by atoms with Crippen molar-refractivity contribution in [3.05, 3.63) is 63.0 Å². The van der Waals surface area contributed by atoms with Crippen molar-refractivity contribution in [2.45, 2.75) is 26.3 Å². The van der Waals surface area contributed by atoms with Crippen LogP contribution in [0.4, 0.5) is 19.0 Å². The molecule has 0 aliphatic rings. The third-order valence-electron chi connectivity index (χ3n) is 4.24. The maximum atomic E-state index is 14.5. The second-order valence-electron chi connectivity index (χ2n) is 6.19. The zero-order valence-electron chi connectivity index (χ0n) is 15.6. The van der Waals surface area contributed by atoms with Crippen LogP contribution in [0.2, 0.25) is 0 Å². The molecule has 1 atom stereocenters. The van der Waals surface area contributed by atoms with E-state index in [1.54, 1.807) is 13.8 Å². The third-order valence-corrected chi connectivity index (χ3v) is 4.24. The molecular weight excluding hydrogens is 391 g/mol. The number of aromatic nitrogens is 2. The molecule has 152 valence electrons. The van der Waals surface area contributed by atoms with Gasteiger partial charge >= 0.3 is 11.6 Å². The molecule has 0 spiro atoms. The lowest BCUT2D eigenvalue weighted by atomic mass is 10.0. The molecule has 1 aromatic carbocycles. The van der Waals surface area contributed by atoms with E-state index in [-0.39, 0.29) is 33.9 Å². The molecule has 0 amide bonds. The number of anilines is 1. The number of rotatable bonds is 5. The minimum absolute atomic E-state index is 0.00205. The molecular formula is C19H16F3N3O4. The van der Waals surface area contributed by atoms with E-state index in [0.717, 1.165) is 13.2 Å². The molecule has 0 aliphatic carbocycles. The molecule has 3 aromatic rings. The van der Waals surface area contributed by atoms with Crippen LogP contribution in [0.25, 0.3) is 11.1 Å². The molecule has 0 fully saturated rings. The summed E-state index contributed by atoms with van der Waals surface area (Å²) in [6, 6.07) is 4.13. The molecule has 0 aliphatic heterocycles. The molecule has 7 nitrogen and oxygen atoms in total. The molecule has 0 radical (unpaired) electrons. The Morgan fingerprint density at radius 1 is 1.24 bits per heavy atom. The van der Waals surface area contributed by atoms with E-state index in [1.807, 2.05) is 0 Å². The van der Waals surface area contributed by atoms with Crippen LogP contribution in [-0.4, -0.2) is 23.0 Å². The number of hydrogen-bond donors (Lipinski definition) is 1. The van der Waals surface area contributed by atoms with Crippen molar-refractivity contribution in [1.82, 2.24) is 9.97 Å². The summed E-state index contributed by atoms with van der Waals surface area (Å²) in [6.45, 7) is 3.10. The number of fused-ring (bicyclic) bond motifs is 1. The lowest BCUT2D eigenvalue weighted by Gasteiger charge is -2.18. The number of hydrogen-bond acceptors (Lipinski definition) is 7. The smallest absolute Gasteiger partial charge is 0.352 e. The Morgan fingerprint density at radius 3 is 2.59 bits per heavy atom. The van der Waals surface area contributed by atoms with Crippen LogP contribution in [0.3, 0.4) is 0 Å². The van der Waals surface area contributed by atoms with Crippen molar-refractivity contribution in [2.75, 3.05) is 12.4 Å². The van der Waals surface area contributed by atoms with Gasteiger partial charge in [-0.2, -0.15) is 4.98 Å². The Morgan fingerprint density at radius 2 is 1.93 bits per heavy atom. The first-order chi connectivity index (χ1) is 13.7. The average molecular weight is 407 g/mol. The SMILES string of the molecule is COC(=O)c1cc2c(N[C@H](C)c3cccc(C(F)F)c3F)nc(C)nc2oc1=O. The number of benzene rings is 1. The fraction of sp³-hybridized carbons (Fsp3) is 0.263. The van der Waals surface area contributed by atoms with E-state index in [2.05, 4.69) is 20.0 Å². The van der Waals surface area contributed by atoms with Crippen LogP contribution in [0.15, 0.2) is 33.5 Å². The van der Waals surface area contributed by atoms with Gasteiger partial charge in [-0.3, -0.25) is 0 Å². The van der Waals surface area contributed by atoms with Crippen molar-refractivity contribution < 1.29 is 27.1 Å². The molecule has 0 unspecified atom stereocenters. The molecule has 10 heteroatoms. The normalized spacial score (nSPS) is 12.2. The summed E-state index contributed by atoms with van der Waals surface area (Å²) < 4.78 is 50.1. The molecule has 3 rings (SSSR count). The van der Waals surface area contributed by atoms with E-state index >= 15 is 0 Å². The monoisotopic (exact) mass is 407 g/mol. The fourth-order valence-electron chi connectivity index (χ4n) is 2.83. The number of nitrogens with one attached hydrogen (secondary N) is 1. The summed E-state index contributed by atoms with van der Waals surface area (Å²) in [5.41, 5.74) is -2.10. The maximum Gasteiger partial charge on any atom is 0.352 e. The van der Waals surface area contributed by atoms with E-state index < -0.39 is 35.4 Å². The van der Waals surface area contributed by atoms with Gasteiger partial charge in [0.05, 0.1) is 24.1 Å². The van der Waals surface area contributed by atoms with Gasteiger partial charge in [-0.05, 0) is 19.9 Å². The summed E-state index contributed by atoms with van der Waals surface area (Å²) >= 11 is 0. The first-order valence-electron chi connectivity index (χ1n) is 8.46. The van der Waals surface area contributed by atoms with Gasteiger partial charge in [-0.15, -0.1) is 0 Å². The largest absolute Gasteiger partial charge is 0.465 e. The molecule has 0 saturated carbocycles. The lowest BCUT2D eigenvalue weighted by Crippen LogP contribution is -2.17. The van der Waals surface area contributed by atoms with Crippen molar-refractivity contribution in [3.63, 3.8) is 0 Å². The number of alkyl halides is 2.